The largest absolute Gasteiger partial charge is 0.479 e. The zero-order chi connectivity index (χ0) is 18.4. The molecule has 0 heterocycles. The molecule has 5 nitrogen and oxygen atoms in total. The van der Waals surface area contributed by atoms with E-state index in [0.29, 0.717) is 10.6 Å². The molecule has 7 heteroatoms. The minimum Gasteiger partial charge on any atom is -0.479 e. The molecule has 0 aliphatic heterocycles. The summed E-state index contributed by atoms with van der Waals surface area (Å²) in [6.07, 6.45) is 0. The number of nitrogens with zero attached hydrogens (tertiary/aromatic N) is 1. The van der Waals surface area contributed by atoms with E-state index in [-0.39, 0.29) is 29.5 Å². The number of aryl methyl sites for hydroxylation is 1. The molecule has 2 aromatic rings. The molecule has 0 saturated carbocycles. The van der Waals surface area contributed by atoms with Crippen LogP contribution in [0.2, 0.25) is 5.02 Å². The highest BCUT2D eigenvalue weighted by Gasteiger charge is 2.16. The number of ether oxygens (including phenoxy) is 3. The van der Waals surface area contributed by atoms with Gasteiger partial charge in [-0.25, -0.2) is 9.64 Å². The lowest BCUT2D eigenvalue weighted by Gasteiger charge is -2.14. The van der Waals surface area contributed by atoms with Crippen LogP contribution in [0.15, 0.2) is 30.3 Å². The van der Waals surface area contributed by atoms with Gasteiger partial charge in [0.1, 0.15) is 5.75 Å². The van der Waals surface area contributed by atoms with E-state index in [1.807, 2.05) is 0 Å². The van der Waals surface area contributed by atoms with Crippen LogP contribution in [0.4, 0.5) is 10.1 Å². The zero-order valence-electron chi connectivity index (χ0n) is 13.6. The Hall–Kier alpha value is -2.78. The molecule has 25 heavy (non-hydrogen) atoms. The number of carbonyl (C=O) groups excluding carboxylic acids is 1. The predicted octanol–water partition coefficient (Wildman–Crippen LogP) is 5.07. The number of hydrogen-bond acceptors (Lipinski definition) is 4. The van der Waals surface area contributed by atoms with Gasteiger partial charge in [-0.3, -0.25) is 0 Å². The molecule has 0 N–H and O–H groups in total. The van der Waals surface area contributed by atoms with Crippen molar-refractivity contribution in [1.29, 1.82) is 0 Å². The van der Waals surface area contributed by atoms with Gasteiger partial charge in [-0.2, -0.15) is 4.39 Å². The Labute approximate surface area is 149 Å². The second kappa shape index (κ2) is 8.36. The highest BCUT2D eigenvalue weighted by atomic mass is 35.5. The number of esters is 1. The van der Waals surface area contributed by atoms with Gasteiger partial charge < -0.3 is 14.2 Å². The normalized spacial score (nSPS) is 10.0. The quantitative estimate of drug-likeness (QED) is 0.531. The second-order valence-electron chi connectivity index (χ2n) is 4.98. The molecule has 0 aliphatic carbocycles. The van der Waals surface area contributed by atoms with Gasteiger partial charge in [0.15, 0.2) is 23.8 Å². The highest BCUT2D eigenvalue weighted by molar-refractivity contribution is 6.31. The third kappa shape index (κ3) is 4.85. The molecule has 0 radical (unpaired) electrons. The number of rotatable bonds is 6. The third-order valence-electron chi connectivity index (χ3n) is 3.11. The van der Waals surface area contributed by atoms with E-state index >= 15 is 0 Å². The molecule has 2 aromatic carbocycles. The predicted molar refractivity (Wildman–Crippen MR) is 91.1 cm³/mol. The molecule has 0 bridgehead atoms. The molecular weight excluding hydrogens is 349 g/mol. The van der Waals surface area contributed by atoms with Crippen LogP contribution >= 0.6 is 11.6 Å². The van der Waals surface area contributed by atoms with Crippen LogP contribution < -0.4 is 9.47 Å². The van der Waals surface area contributed by atoms with E-state index in [1.54, 1.807) is 19.9 Å². The Morgan fingerprint density at radius 2 is 2.08 bits per heavy atom. The third-order valence-corrected chi connectivity index (χ3v) is 3.33. The standard InChI is InChI=1S/C18H15ClFNO4/c1-4-23-16(22)10-24-15-6-5-11(2)18(17(15)20)25-14-8-12(19)7-13(9-14)21-3/h5-9H,4,10H2,1-2H3. The van der Waals surface area contributed by atoms with Crippen LogP contribution in [0, 0.1) is 19.3 Å². The molecule has 2 rings (SSSR count). The molecule has 130 valence electrons. The summed E-state index contributed by atoms with van der Waals surface area (Å²) < 4.78 is 30.1. The van der Waals surface area contributed by atoms with Crippen molar-refractivity contribution in [2.24, 2.45) is 0 Å². The van der Waals surface area contributed by atoms with Crippen molar-refractivity contribution in [2.45, 2.75) is 13.8 Å². The first-order chi connectivity index (χ1) is 11.9. The van der Waals surface area contributed by atoms with Crippen molar-refractivity contribution in [2.75, 3.05) is 13.2 Å². The average molecular weight is 364 g/mol. The van der Waals surface area contributed by atoms with Crippen molar-refractivity contribution in [3.8, 4) is 17.2 Å². The van der Waals surface area contributed by atoms with Gasteiger partial charge in [0.25, 0.3) is 0 Å². The van der Waals surface area contributed by atoms with Crippen LogP contribution in [-0.2, 0) is 9.53 Å². The van der Waals surface area contributed by atoms with Gasteiger partial charge in [-0.1, -0.05) is 17.7 Å². The molecule has 0 atom stereocenters. The molecule has 0 spiro atoms. The lowest BCUT2D eigenvalue weighted by molar-refractivity contribution is -0.145. The van der Waals surface area contributed by atoms with Crippen molar-refractivity contribution < 1.29 is 23.4 Å². The summed E-state index contributed by atoms with van der Waals surface area (Å²) in [6.45, 7) is 10.2. The van der Waals surface area contributed by atoms with Crippen molar-refractivity contribution in [3.05, 3.63) is 58.2 Å². The van der Waals surface area contributed by atoms with Crippen LogP contribution in [0.25, 0.3) is 4.85 Å². The number of benzene rings is 2. The maximum absolute atomic E-state index is 14.6. The zero-order valence-corrected chi connectivity index (χ0v) is 14.4. The summed E-state index contributed by atoms with van der Waals surface area (Å²) in [4.78, 5) is 14.6. The topological polar surface area (TPSA) is 49.1 Å². The SMILES string of the molecule is [C-]#[N+]c1cc(Cl)cc(Oc2c(C)ccc(OCC(=O)OCC)c2F)c1. The minimum atomic E-state index is -0.756. The Balaban J connectivity index is 2.26. The van der Waals surface area contributed by atoms with Crippen LogP contribution in [-0.4, -0.2) is 19.2 Å². The van der Waals surface area contributed by atoms with E-state index < -0.39 is 18.4 Å². The summed E-state index contributed by atoms with van der Waals surface area (Å²) in [7, 11) is 0. The Bertz CT molecular complexity index is 833. The fourth-order valence-electron chi connectivity index (χ4n) is 2.00. The van der Waals surface area contributed by atoms with Crippen molar-refractivity contribution in [3.63, 3.8) is 0 Å². The summed E-state index contributed by atoms with van der Waals surface area (Å²) in [5, 5.41) is 0.302. The van der Waals surface area contributed by atoms with Gasteiger partial charge in [-0.05, 0) is 43.7 Å². The van der Waals surface area contributed by atoms with Gasteiger partial charge in [0.05, 0.1) is 13.2 Å². The second-order valence-corrected chi connectivity index (χ2v) is 5.41. The van der Waals surface area contributed by atoms with E-state index in [1.165, 1.54) is 24.3 Å². The van der Waals surface area contributed by atoms with Gasteiger partial charge >= 0.3 is 5.97 Å². The first kappa shape index (κ1) is 18.6. The summed E-state index contributed by atoms with van der Waals surface area (Å²) >= 11 is 5.93. The van der Waals surface area contributed by atoms with E-state index in [0.717, 1.165) is 0 Å². The van der Waals surface area contributed by atoms with Gasteiger partial charge in [0.2, 0.25) is 5.82 Å². The summed E-state index contributed by atoms with van der Waals surface area (Å²) in [6, 6.07) is 7.40. The lowest BCUT2D eigenvalue weighted by Crippen LogP contribution is -2.15. The van der Waals surface area contributed by atoms with Crippen molar-refractivity contribution in [1.82, 2.24) is 0 Å². The molecular formula is C18H15ClFNO4. The first-order valence-corrected chi connectivity index (χ1v) is 7.75. The van der Waals surface area contributed by atoms with Crippen molar-refractivity contribution >= 4 is 23.3 Å². The van der Waals surface area contributed by atoms with E-state index in [4.69, 9.17) is 32.4 Å². The number of carbonyl (C=O) groups is 1. The van der Waals surface area contributed by atoms with E-state index in [2.05, 4.69) is 4.85 Å². The van der Waals surface area contributed by atoms with Crippen LogP contribution in [0.3, 0.4) is 0 Å². The molecule has 0 aromatic heterocycles. The maximum atomic E-state index is 14.6. The van der Waals surface area contributed by atoms with Gasteiger partial charge in [-0.15, -0.1) is 0 Å². The molecule has 0 fully saturated rings. The van der Waals surface area contributed by atoms with Crippen LogP contribution in [0.5, 0.6) is 17.2 Å². The van der Waals surface area contributed by atoms with Gasteiger partial charge in [0, 0.05) is 5.02 Å². The molecule has 0 saturated heterocycles. The van der Waals surface area contributed by atoms with E-state index in [9.17, 15) is 9.18 Å². The molecule has 0 unspecified atom stereocenters. The summed E-state index contributed by atoms with van der Waals surface area (Å²) in [5.74, 6) is -1.33. The smallest absolute Gasteiger partial charge is 0.344 e. The minimum absolute atomic E-state index is 0.0699. The number of hydrogen-bond donors (Lipinski definition) is 0. The Kier molecular flexibility index (Phi) is 6.20. The Morgan fingerprint density at radius 3 is 2.76 bits per heavy atom. The maximum Gasteiger partial charge on any atom is 0.344 e. The fourth-order valence-corrected chi connectivity index (χ4v) is 2.22. The first-order valence-electron chi connectivity index (χ1n) is 7.38. The highest BCUT2D eigenvalue weighted by Crippen LogP contribution is 2.36. The number of halogens is 2. The molecule has 0 aliphatic rings. The lowest BCUT2D eigenvalue weighted by atomic mass is 10.2. The summed E-state index contributed by atoms with van der Waals surface area (Å²) in [5.41, 5.74) is 0.792. The fraction of sp³-hybridized carbons (Fsp3) is 0.222. The Morgan fingerprint density at radius 1 is 1.32 bits per heavy atom. The molecule has 0 amide bonds. The van der Waals surface area contributed by atoms with Crippen LogP contribution in [0.1, 0.15) is 12.5 Å². The monoisotopic (exact) mass is 363 g/mol. The average Bonchev–Trinajstić information content (AvgIpc) is 2.57.